The van der Waals surface area contributed by atoms with Crippen molar-refractivity contribution in [2.45, 2.75) is 12.2 Å². The third kappa shape index (κ3) is 2.85. The van der Waals surface area contributed by atoms with E-state index in [-0.39, 0.29) is 0 Å². The first-order chi connectivity index (χ1) is 5.74. The first-order valence-electron chi connectivity index (χ1n) is 3.68. The van der Waals surface area contributed by atoms with E-state index in [4.69, 9.17) is 11.6 Å². The van der Waals surface area contributed by atoms with Gasteiger partial charge in [0.25, 0.3) is 0 Å². The molecule has 3 heteroatoms. The minimum atomic E-state index is 0.558. The van der Waals surface area contributed by atoms with Gasteiger partial charge in [-0.15, -0.1) is 11.3 Å². The Morgan fingerprint density at radius 3 is 2.92 bits per heavy atom. The van der Waals surface area contributed by atoms with Crippen LogP contribution in [0.15, 0.2) is 17.5 Å². The Hall–Kier alpha value is 0.0800. The zero-order valence-electron chi connectivity index (χ0n) is 7.08. The average Bonchev–Trinajstić information content (AvgIpc) is 2.47. The second-order valence-electron chi connectivity index (χ2n) is 2.43. The second kappa shape index (κ2) is 4.95. The fraction of sp³-hybridized carbons (Fsp3) is 0.333. The summed E-state index contributed by atoms with van der Waals surface area (Å²) in [5, 5.41) is 3.42. The Balaban J connectivity index is 2.63. The maximum atomic E-state index is 5.92. The van der Waals surface area contributed by atoms with Crippen LogP contribution in [0.5, 0.6) is 0 Å². The molecule has 1 aromatic heterocycles. The topological polar surface area (TPSA) is 0 Å². The summed E-state index contributed by atoms with van der Waals surface area (Å²) >= 11 is 9.42. The quantitative estimate of drug-likeness (QED) is 0.734. The predicted molar refractivity (Wildman–Crippen MR) is 61.3 cm³/mol. The van der Waals surface area contributed by atoms with Gasteiger partial charge in [-0.2, -0.15) is 11.8 Å². The van der Waals surface area contributed by atoms with Crippen LogP contribution < -0.4 is 0 Å². The fourth-order valence-corrected chi connectivity index (χ4v) is 1.98. The normalized spacial score (nSPS) is 13.9. The maximum absolute atomic E-state index is 5.92. The largest absolute Gasteiger partial charge is 0.158 e. The van der Waals surface area contributed by atoms with Crippen molar-refractivity contribution in [1.82, 2.24) is 0 Å². The lowest BCUT2D eigenvalue weighted by atomic mass is 10.3. The lowest BCUT2D eigenvalue weighted by Crippen LogP contribution is -1.85. The van der Waals surface area contributed by atoms with Gasteiger partial charge in [0, 0.05) is 10.1 Å². The van der Waals surface area contributed by atoms with Crippen LogP contribution in [0.4, 0.5) is 0 Å². The van der Waals surface area contributed by atoms with Gasteiger partial charge in [0.05, 0.1) is 5.02 Å². The molecule has 0 bridgehead atoms. The number of thiophene rings is 1. The smallest absolute Gasteiger partial charge is 0.0586 e. The molecule has 0 aliphatic carbocycles. The predicted octanol–water partition coefficient (Wildman–Crippen LogP) is 4.17. The van der Waals surface area contributed by atoms with Crippen LogP contribution in [0.3, 0.4) is 0 Å². The highest BCUT2D eigenvalue weighted by Crippen LogP contribution is 2.24. The molecular formula is C9H11ClS2. The Morgan fingerprint density at radius 2 is 2.42 bits per heavy atom. The molecule has 12 heavy (non-hydrogen) atoms. The summed E-state index contributed by atoms with van der Waals surface area (Å²) in [7, 11) is 0. The molecule has 0 saturated carbocycles. The van der Waals surface area contributed by atoms with Crippen molar-refractivity contribution in [3.63, 3.8) is 0 Å². The van der Waals surface area contributed by atoms with Gasteiger partial charge in [-0.25, -0.2) is 0 Å². The summed E-state index contributed by atoms with van der Waals surface area (Å²) in [6.45, 7) is 2.17. The lowest BCUT2D eigenvalue weighted by molar-refractivity contribution is 1.26. The molecule has 0 aliphatic rings. The summed E-state index contributed by atoms with van der Waals surface area (Å²) in [5.41, 5.74) is 0. The molecular weight excluding hydrogens is 208 g/mol. The van der Waals surface area contributed by atoms with E-state index < -0.39 is 0 Å². The Morgan fingerprint density at radius 1 is 1.67 bits per heavy atom. The van der Waals surface area contributed by atoms with Crippen LogP contribution in [0.2, 0.25) is 5.02 Å². The molecule has 0 spiro atoms. The van der Waals surface area contributed by atoms with Crippen LogP contribution in [0.25, 0.3) is 6.08 Å². The summed E-state index contributed by atoms with van der Waals surface area (Å²) in [4.78, 5) is 1.15. The van der Waals surface area contributed by atoms with Crippen LogP contribution >= 0.6 is 34.7 Å². The molecule has 1 heterocycles. The van der Waals surface area contributed by atoms with E-state index >= 15 is 0 Å². The van der Waals surface area contributed by atoms with E-state index in [2.05, 4.69) is 25.3 Å². The summed E-state index contributed by atoms with van der Waals surface area (Å²) in [6, 6.07) is 1.93. The molecule has 0 aliphatic heterocycles. The van der Waals surface area contributed by atoms with Gasteiger partial charge >= 0.3 is 0 Å². The van der Waals surface area contributed by atoms with Gasteiger partial charge in [0.2, 0.25) is 0 Å². The SMILES string of the molecule is CSC(C)/C=C/c1sccc1Cl. The standard InChI is InChI=1S/C9H11ClS2/c1-7(11-2)3-4-9-8(10)5-6-12-9/h3-7H,1-2H3/b4-3+. The average molecular weight is 219 g/mol. The number of halogens is 1. The Bertz CT molecular complexity index is 265. The van der Waals surface area contributed by atoms with E-state index in [0.29, 0.717) is 5.25 Å². The Kier molecular flexibility index (Phi) is 4.19. The first-order valence-corrected chi connectivity index (χ1v) is 6.22. The van der Waals surface area contributed by atoms with Crippen LogP contribution in [-0.2, 0) is 0 Å². The van der Waals surface area contributed by atoms with E-state index in [1.807, 2.05) is 23.2 Å². The van der Waals surface area contributed by atoms with Crippen LogP contribution in [0.1, 0.15) is 11.8 Å². The van der Waals surface area contributed by atoms with Gasteiger partial charge in [-0.3, -0.25) is 0 Å². The molecule has 0 saturated heterocycles. The zero-order chi connectivity index (χ0) is 8.97. The number of hydrogen-bond donors (Lipinski definition) is 0. The highest BCUT2D eigenvalue weighted by Gasteiger charge is 1.97. The molecule has 0 amide bonds. The van der Waals surface area contributed by atoms with E-state index in [1.165, 1.54) is 0 Å². The molecule has 1 atom stereocenters. The highest BCUT2D eigenvalue weighted by molar-refractivity contribution is 7.99. The number of thioether (sulfide) groups is 1. The zero-order valence-corrected chi connectivity index (χ0v) is 9.47. The first kappa shape index (κ1) is 10.2. The molecule has 0 N–H and O–H groups in total. The molecule has 0 radical (unpaired) electrons. The fourth-order valence-electron chi connectivity index (χ4n) is 0.726. The van der Waals surface area contributed by atoms with Crippen molar-refractivity contribution in [3.8, 4) is 0 Å². The van der Waals surface area contributed by atoms with Crippen molar-refractivity contribution in [2.75, 3.05) is 6.26 Å². The van der Waals surface area contributed by atoms with Crippen molar-refractivity contribution in [3.05, 3.63) is 27.4 Å². The molecule has 0 aromatic carbocycles. The molecule has 1 unspecified atom stereocenters. The lowest BCUT2D eigenvalue weighted by Gasteiger charge is -1.98. The third-order valence-corrected chi connectivity index (χ3v) is 3.76. The summed E-state index contributed by atoms with van der Waals surface area (Å²) in [5.74, 6) is 0. The third-order valence-electron chi connectivity index (χ3n) is 1.54. The Labute approximate surface area is 86.6 Å². The second-order valence-corrected chi connectivity index (χ2v) is 5.00. The summed E-state index contributed by atoms with van der Waals surface area (Å²) < 4.78 is 0. The van der Waals surface area contributed by atoms with E-state index in [9.17, 15) is 0 Å². The van der Waals surface area contributed by atoms with E-state index in [0.717, 1.165) is 9.90 Å². The van der Waals surface area contributed by atoms with E-state index in [1.54, 1.807) is 11.3 Å². The highest BCUT2D eigenvalue weighted by atomic mass is 35.5. The van der Waals surface area contributed by atoms with Crippen molar-refractivity contribution < 1.29 is 0 Å². The summed E-state index contributed by atoms with van der Waals surface area (Å²) in [6.07, 6.45) is 6.36. The van der Waals surface area contributed by atoms with Crippen molar-refractivity contribution in [2.24, 2.45) is 0 Å². The van der Waals surface area contributed by atoms with Gasteiger partial charge in [-0.05, 0) is 30.7 Å². The number of hydrogen-bond acceptors (Lipinski definition) is 2. The minimum absolute atomic E-state index is 0.558. The van der Waals surface area contributed by atoms with Crippen LogP contribution in [-0.4, -0.2) is 11.5 Å². The monoisotopic (exact) mass is 218 g/mol. The molecule has 0 fully saturated rings. The molecule has 1 aromatic rings. The van der Waals surface area contributed by atoms with Gasteiger partial charge in [0.15, 0.2) is 0 Å². The van der Waals surface area contributed by atoms with Crippen LogP contribution in [0, 0.1) is 0 Å². The van der Waals surface area contributed by atoms with Gasteiger partial charge in [0.1, 0.15) is 0 Å². The number of rotatable bonds is 3. The molecule has 0 nitrogen and oxygen atoms in total. The molecule has 1 rings (SSSR count). The maximum Gasteiger partial charge on any atom is 0.0586 e. The minimum Gasteiger partial charge on any atom is -0.158 e. The molecule has 66 valence electrons. The van der Waals surface area contributed by atoms with Crippen molar-refractivity contribution >= 4 is 40.8 Å². The van der Waals surface area contributed by atoms with Gasteiger partial charge < -0.3 is 0 Å². The van der Waals surface area contributed by atoms with Crippen molar-refractivity contribution in [1.29, 1.82) is 0 Å². The van der Waals surface area contributed by atoms with Gasteiger partial charge in [-0.1, -0.05) is 17.7 Å².